The van der Waals surface area contributed by atoms with Crippen LogP contribution >= 0.6 is 0 Å². The summed E-state index contributed by atoms with van der Waals surface area (Å²) in [5, 5.41) is 1.09. The van der Waals surface area contributed by atoms with Gasteiger partial charge < -0.3 is 9.64 Å². The van der Waals surface area contributed by atoms with E-state index in [0.29, 0.717) is 30.1 Å². The summed E-state index contributed by atoms with van der Waals surface area (Å²) in [7, 11) is 0. The number of pyridine rings is 1. The third-order valence-corrected chi connectivity index (χ3v) is 7.47. The van der Waals surface area contributed by atoms with Gasteiger partial charge in [-0.05, 0) is 48.7 Å². The Labute approximate surface area is 213 Å². The lowest BCUT2D eigenvalue weighted by Gasteiger charge is -2.29. The molecule has 1 aliphatic heterocycles. The lowest BCUT2D eigenvalue weighted by molar-refractivity contribution is 0.157. The summed E-state index contributed by atoms with van der Waals surface area (Å²) in [6.45, 7) is 5.36. The number of rotatable bonds is 6. The fourth-order valence-corrected chi connectivity index (χ4v) is 5.01. The number of fused-ring (bicyclic) bond motifs is 2. The van der Waals surface area contributed by atoms with E-state index in [0.717, 1.165) is 28.6 Å². The molecule has 37 heavy (non-hydrogen) atoms. The third kappa shape index (κ3) is 3.98. The lowest BCUT2D eigenvalue weighted by atomic mass is 9.77. The van der Waals surface area contributed by atoms with Crippen LogP contribution in [0.4, 0.5) is 9.18 Å². The van der Waals surface area contributed by atoms with Crippen molar-refractivity contribution in [1.82, 2.24) is 24.3 Å². The number of halogens is 1. The van der Waals surface area contributed by atoms with E-state index in [9.17, 15) is 4.79 Å². The molecule has 4 heterocycles. The minimum atomic E-state index is -0.410. The molecule has 6 rings (SSSR count). The van der Waals surface area contributed by atoms with Crippen molar-refractivity contribution in [2.24, 2.45) is 0 Å². The standard InChI is InChI=1S/C29H26FN5O2/c1-3-29(2,23-8-9-25-20(13-23)5-4-10-31-25)26-16-33-27-32-15-22(18-35(26)27)19-6-7-21(24(30)14-19)17-34-11-12-37-28(34)36/h4-10,13-16,18H,3,11-12,17H2,1-2H3. The minimum absolute atomic E-state index is 0.185. The molecule has 0 spiro atoms. The van der Waals surface area contributed by atoms with Crippen LogP contribution in [0.15, 0.2) is 73.3 Å². The third-order valence-electron chi connectivity index (χ3n) is 7.47. The van der Waals surface area contributed by atoms with E-state index in [4.69, 9.17) is 4.74 Å². The smallest absolute Gasteiger partial charge is 0.410 e. The summed E-state index contributed by atoms with van der Waals surface area (Å²) in [4.78, 5) is 26.8. The van der Waals surface area contributed by atoms with E-state index in [1.807, 2.05) is 28.9 Å². The van der Waals surface area contributed by atoms with Crippen molar-refractivity contribution < 1.29 is 13.9 Å². The fraction of sp³-hybridized carbons (Fsp3) is 0.241. The number of amides is 1. The maximum atomic E-state index is 15.0. The second-order valence-electron chi connectivity index (χ2n) is 9.59. The molecule has 1 amide bonds. The summed E-state index contributed by atoms with van der Waals surface area (Å²) in [6.07, 6.45) is 7.79. The molecule has 0 N–H and O–H groups in total. The first-order valence-corrected chi connectivity index (χ1v) is 12.4. The summed E-state index contributed by atoms with van der Waals surface area (Å²) < 4.78 is 22.0. The normalized spacial score (nSPS) is 15.3. The monoisotopic (exact) mass is 495 g/mol. The predicted molar refractivity (Wildman–Crippen MR) is 139 cm³/mol. The van der Waals surface area contributed by atoms with Gasteiger partial charge in [0, 0.05) is 40.5 Å². The zero-order valence-corrected chi connectivity index (χ0v) is 20.7. The summed E-state index contributed by atoms with van der Waals surface area (Å²) in [5.41, 5.74) is 4.73. The number of benzene rings is 2. The summed E-state index contributed by atoms with van der Waals surface area (Å²) in [6, 6.07) is 15.4. The Morgan fingerprint density at radius 3 is 2.70 bits per heavy atom. The molecule has 0 aliphatic carbocycles. The Balaban J connectivity index is 1.38. The highest BCUT2D eigenvalue weighted by atomic mass is 19.1. The number of aromatic nitrogens is 4. The van der Waals surface area contributed by atoms with E-state index >= 15 is 4.39 Å². The molecule has 1 aliphatic rings. The van der Waals surface area contributed by atoms with Crippen molar-refractivity contribution in [3.05, 3.63) is 96.0 Å². The molecule has 8 heteroatoms. The summed E-state index contributed by atoms with van der Waals surface area (Å²) in [5.74, 6) is 0.219. The van der Waals surface area contributed by atoms with Gasteiger partial charge in [0.15, 0.2) is 0 Å². The van der Waals surface area contributed by atoms with Crippen LogP contribution in [0.25, 0.3) is 27.8 Å². The number of hydrogen-bond acceptors (Lipinski definition) is 5. The first kappa shape index (κ1) is 23.1. The maximum Gasteiger partial charge on any atom is 0.410 e. The van der Waals surface area contributed by atoms with E-state index < -0.39 is 6.09 Å². The topological polar surface area (TPSA) is 72.6 Å². The van der Waals surface area contributed by atoms with Crippen LogP contribution in [0.2, 0.25) is 0 Å². The van der Waals surface area contributed by atoms with Gasteiger partial charge in [-0.2, -0.15) is 0 Å². The van der Waals surface area contributed by atoms with Crippen molar-refractivity contribution >= 4 is 22.8 Å². The van der Waals surface area contributed by atoms with Gasteiger partial charge in [-0.15, -0.1) is 0 Å². The number of nitrogens with zero attached hydrogens (tertiary/aromatic N) is 5. The Hall–Kier alpha value is -4.33. The van der Waals surface area contributed by atoms with Gasteiger partial charge >= 0.3 is 6.09 Å². The lowest BCUT2D eigenvalue weighted by Crippen LogP contribution is -2.24. The molecule has 1 atom stereocenters. The highest BCUT2D eigenvalue weighted by Gasteiger charge is 2.31. The molecule has 0 radical (unpaired) electrons. The molecule has 3 aromatic heterocycles. The zero-order chi connectivity index (χ0) is 25.6. The van der Waals surface area contributed by atoms with Crippen LogP contribution in [0, 0.1) is 5.82 Å². The van der Waals surface area contributed by atoms with E-state index in [1.165, 1.54) is 16.5 Å². The second-order valence-corrected chi connectivity index (χ2v) is 9.59. The molecule has 1 saturated heterocycles. The Morgan fingerprint density at radius 2 is 1.92 bits per heavy atom. The van der Waals surface area contributed by atoms with E-state index in [1.54, 1.807) is 18.5 Å². The quantitative estimate of drug-likeness (QED) is 0.300. The van der Waals surface area contributed by atoms with Crippen LogP contribution < -0.4 is 0 Å². The molecule has 1 fully saturated rings. The van der Waals surface area contributed by atoms with Crippen molar-refractivity contribution in [3.63, 3.8) is 0 Å². The Kier molecular flexibility index (Phi) is 5.59. The van der Waals surface area contributed by atoms with Crippen molar-refractivity contribution in [2.45, 2.75) is 32.2 Å². The molecule has 2 aromatic carbocycles. The number of hydrogen-bond donors (Lipinski definition) is 0. The Bertz CT molecular complexity index is 1650. The fourth-order valence-electron chi connectivity index (χ4n) is 5.01. The van der Waals surface area contributed by atoms with Gasteiger partial charge in [-0.3, -0.25) is 9.38 Å². The number of carbonyl (C=O) groups is 1. The largest absolute Gasteiger partial charge is 0.448 e. The number of imidazole rings is 1. The highest BCUT2D eigenvalue weighted by molar-refractivity contribution is 5.79. The molecule has 0 bridgehead atoms. The summed E-state index contributed by atoms with van der Waals surface area (Å²) >= 11 is 0. The average molecular weight is 496 g/mol. The zero-order valence-electron chi connectivity index (χ0n) is 20.7. The SMILES string of the molecule is CCC(C)(c1ccc2ncccc2c1)c1cnc2ncc(-c3ccc(CN4CCOC4=O)c(F)c3)cn12. The van der Waals surface area contributed by atoms with E-state index in [-0.39, 0.29) is 17.8 Å². The first-order valence-electron chi connectivity index (χ1n) is 12.4. The molecular weight excluding hydrogens is 469 g/mol. The molecule has 0 saturated carbocycles. The predicted octanol–water partition coefficient (Wildman–Crippen LogP) is 5.75. The van der Waals surface area contributed by atoms with Crippen LogP contribution in [0.5, 0.6) is 0 Å². The van der Waals surface area contributed by atoms with Crippen LogP contribution in [-0.2, 0) is 16.7 Å². The molecule has 5 aromatic rings. The van der Waals surface area contributed by atoms with E-state index in [2.05, 4.69) is 53.1 Å². The molecular formula is C29H26FN5O2. The number of ether oxygens (including phenoxy) is 1. The first-order chi connectivity index (χ1) is 18.0. The van der Waals surface area contributed by atoms with Gasteiger partial charge in [-0.25, -0.2) is 19.2 Å². The minimum Gasteiger partial charge on any atom is -0.448 e. The van der Waals surface area contributed by atoms with Crippen molar-refractivity contribution in [1.29, 1.82) is 0 Å². The van der Waals surface area contributed by atoms with Gasteiger partial charge in [-0.1, -0.05) is 31.2 Å². The number of carbonyl (C=O) groups excluding carboxylic acids is 1. The molecule has 186 valence electrons. The average Bonchev–Trinajstić information content (AvgIpc) is 3.54. The van der Waals surface area contributed by atoms with Crippen molar-refractivity contribution in [2.75, 3.05) is 13.2 Å². The van der Waals surface area contributed by atoms with Crippen LogP contribution in [0.3, 0.4) is 0 Å². The van der Waals surface area contributed by atoms with Crippen LogP contribution in [0.1, 0.15) is 37.1 Å². The molecule has 7 nitrogen and oxygen atoms in total. The van der Waals surface area contributed by atoms with Gasteiger partial charge in [0.05, 0.1) is 30.5 Å². The molecule has 1 unspecified atom stereocenters. The van der Waals surface area contributed by atoms with Gasteiger partial charge in [0.25, 0.3) is 0 Å². The van der Waals surface area contributed by atoms with Gasteiger partial charge in [0.1, 0.15) is 12.4 Å². The maximum absolute atomic E-state index is 15.0. The number of cyclic esters (lactones) is 1. The Morgan fingerprint density at radius 1 is 1.05 bits per heavy atom. The van der Waals surface area contributed by atoms with Crippen molar-refractivity contribution in [3.8, 4) is 11.1 Å². The highest BCUT2D eigenvalue weighted by Crippen LogP contribution is 2.37. The second kappa shape index (κ2) is 8.96. The van der Waals surface area contributed by atoms with Crippen LogP contribution in [-0.4, -0.2) is 43.5 Å². The van der Waals surface area contributed by atoms with Gasteiger partial charge in [0.2, 0.25) is 5.78 Å².